The molecule has 0 spiro atoms. The van der Waals surface area contributed by atoms with E-state index in [4.69, 9.17) is 9.47 Å². The highest BCUT2D eigenvalue weighted by molar-refractivity contribution is 5.96. The maximum atomic E-state index is 13.1. The number of aryl methyl sites for hydroxylation is 1. The van der Waals surface area contributed by atoms with Crippen LogP contribution in [-0.2, 0) is 21.3 Å². The quantitative estimate of drug-likeness (QED) is 0.753. The van der Waals surface area contributed by atoms with Gasteiger partial charge in [0, 0.05) is 19.2 Å². The maximum absolute atomic E-state index is 13.1. The fourth-order valence-corrected chi connectivity index (χ4v) is 2.12. The van der Waals surface area contributed by atoms with Crippen LogP contribution in [-0.4, -0.2) is 41.4 Å². The Hall–Kier alpha value is -2.25. The normalized spacial score (nSPS) is 12.2. The van der Waals surface area contributed by atoms with E-state index >= 15 is 0 Å². The van der Waals surface area contributed by atoms with Crippen LogP contribution in [0.2, 0.25) is 0 Å². The molecule has 6 nitrogen and oxygen atoms in total. The number of benzene rings is 1. The first-order valence-electron chi connectivity index (χ1n) is 7.80. The zero-order valence-electron chi connectivity index (χ0n) is 14.1. The number of hydrogen-bond acceptors (Lipinski definition) is 4. The van der Waals surface area contributed by atoms with Gasteiger partial charge in [0.15, 0.2) is 0 Å². The highest BCUT2D eigenvalue weighted by atomic mass is 19.1. The molecule has 0 aliphatic heterocycles. The Morgan fingerprint density at radius 3 is 2.71 bits per heavy atom. The Morgan fingerprint density at radius 2 is 2.04 bits per heavy atom. The number of halogens is 1. The van der Waals surface area contributed by atoms with E-state index in [1.165, 1.54) is 12.1 Å². The molecule has 130 valence electrons. The molecule has 0 fully saturated rings. The number of aromatic nitrogens is 2. The molecular weight excluding hydrogens is 313 g/mol. The van der Waals surface area contributed by atoms with E-state index in [0.717, 1.165) is 5.56 Å². The lowest BCUT2D eigenvalue weighted by molar-refractivity contribution is -0.127. The summed E-state index contributed by atoms with van der Waals surface area (Å²) in [4.78, 5) is 16.6. The molecule has 7 heteroatoms. The molecule has 0 aliphatic rings. The smallest absolute Gasteiger partial charge is 0.254 e. The van der Waals surface area contributed by atoms with Crippen molar-refractivity contribution in [3.63, 3.8) is 0 Å². The van der Waals surface area contributed by atoms with Crippen LogP contribution in [0.1, 0.15) is 13.8 Å². The number of carbonyl (C=O) groups is 1. The standard InChI is InChI=1S/C17H22FN3O3/c1-4-23-9-10-24-12(2)17(22)20-16-15(19-11-21(16)3)13-5-7-14(18)8-6-13/h5-8,11-12H,4,9-10H2,1-3H3,(H,20,22). The van der Waals surface area contributed by atoms with Crippen molar-refractivity contribution in [1.82, 2.24) is 9.55 Å². The average molecular weight is 335 g/mol. The summed E-state index contributed by atoms with van der Waals surface area (Å²) in [5.74, 6) is -0.0677. The van der Waals surface area contributed by atoms with Gasteiger partial charge in [-0.2, -0.15) is 0 Å². The maximum Gasteiger partial charge on any atom is 0.254 e. The molecule has 0 saturated carbocycles. The molecule has 1 aromatic carbocycles. The van der Waals surface area contributed by atoms with E-state index in [2.05, 4.69) is 10.3 Å². The number of anilines is 1. The van der Waals surface area contributed by atoms with Crippen molar-refractivity contribution in [3.8, 4) is 11.3 Å². The molecule has 0 aliphatic carbocycles. The summed E-state index contributed by atoms with van der Waals surface area (Å²) in [5.41, 5.74) is 1.30. The Labute approximate surface area is 140 Å². The Balaban J connectivity index is 2.05. The average Bonchev–Trinajstić information content (AvgIpc) is 2.93. The summed E-state index contributed by atoms with van der Waals surface area (Å²) < 4.78 is 25.4. The lowest BCUT2D eigenvalue weighted by Gasteiger charge is -2.14. The van der Waals surface area contributed by atoms with Crippen molar-refractivity contribution in [2.24, 2.45) is 7.05 Å². The number of hydrogen-bond donors (Lipinski definition) is 1. The molecule has 0 saturated heterocycles. The summed E-state index contributed by atoms with van der Waals surface area (Å²) >= 11 is 0. The van der Waals surface area contributed by atoms with Crippen LogP contribution in [0.25, 0.3) is 11.3 Å². The van der Waals surface area contributed by atoms with Gasteiger partial charge >= 0.3 is 0 Å². The van der Waals surface area contributed by atoms with E-state index in [1.54, 1.807) is 37.0 Å². The van der Waals surface area contributed by atoms with Gasteiger partial charge in [0.25, 0.3) is 5.91 Å². The topological polar surface area (TPSA) is 65.4 Å². The predicted molar refractivity (Wildman–Crippen MR) is 89.1 cm³/mol. The van der Waals surface area contributed by atoms with Crippen molar-refractivity contribution in [2.45, 2.75) is 20.0 Å². The number of amides is 1. The van der Waals surface area contributed by atoms with Gasteiger partial charge in [0.1, 0.15) is 23.4 Å². The number of carbonyl (C=O) groups excluding carboxylic acids is 1. The molecule has 1 N–H and O–H groups in total. The van der Waals surface area contributed by atoms with Crippen LogP contribution in [0.4, 0.5) is 10.2 Å². The molecule has 2 aromatic rings. The van der Waals surface area contributed by atoms with E-state index in [-0.39, 0.29) is 11.7 Å². The molecule has 1 heterocycles. The molecule has 1 atom stereocenters. The van der Waals surface area contributed by atoms with E-state index in [1.807, 2.05) is 6.92 Å². The second kappa shape index (κ2) is 8.56. The van der Waals surface area contributed by atoms with Crippen LogP contribution >= 0.6 is 0 Å². The molecule has 2 rings (SSSR count). The summed E-state index contributed by atoms with van der Waals surface area (Å²) in [5, 5.41) is 2.81. The van der Waals surface area contributed by atoms with Crippen LogP contribution in [0.3, 0.4) is 0 Å². The number of rotatable bonds is 8. The van der Waals surface area contributed by atoms with Crippen LogP contribution in [0.15, 0.2) is 30.6 Å². The van der Waals surface area contributed by atoms with Gasteiger partial charge < -0.3 is 19.4 Å². The predicted octanol–water partition coefficient (Wildman–Crippen LogP) is 2.61. The molecule has 24 heavy (non-hydrogen) atoms. The third-order valence-electron chi connectivity index (χ3n) is 3.47. The first-order valence-corrected chi connectivity index (χ1v) is 7.80. The first kappa shape index (κ1) is 18.1. The lowest BCUT2D eigenvalue weighted by Crippen LogP contribution is -2.29. The lowest BCUT2D eigenvalue weighted by atomic mass is 10.1. The fraction of sp³-hybridized carbons (Fsp3) is 0.412. The second-order valence-corrected chi connectivity index (χ2v) is 5.26. The molecule has 0 bridgehead atoms. The molecule has 0 radical (unpaired) electrons. The monoisotopic (exact) mass is 335 g/mol. The zero-order valence-corrected chi connectivity index (χ0v) is 14.1. The van der Waals surface area contributed by atoms with Gasteiger partial charge in [-0.15, -0.1) is 0 Å². The fourth-order valence-electron chi connectivity index (χ4n) is 2.12. The number of nitrogens with zero attached hydrogens (tertiary/aromatic N) is 2. The van der Waals surface area contributed by atoms with Gasteiger partial charge in [-0.3, -0.25) is 4.79 Å². The van der Waals surface area contributed by atoms with E-state index < -0.39 is 6.10 Å². The van der Waals surface area contributed by atoms with Crippen LogP contribution in [0.5, 0.6) is 0 Å². The van der Waals surface area contributed by atoms with Crippen molar-refractivity contribution in [1.29, 1.82) is 0 Å². The van der Waals surface area contributed by atoms with E-state index in [0.29, 0.717) is 31.3 Å². The van der Waals surface area contributed by atoms with Crippen LogP contribution < -0.4 is 5.32 Å². The van der Waals surface area contributed by atoms with Crippen molar-refractivity contribution in [2.75, 3.05) is 25.1 Å². The third kappa shape index (κ3) is 4.62. The summed E-state index contributed by atoms with van der Waals surface area (Å²) in [7, 11) is 1.77. The first-order chi connectivity index (χ1) is 11.5. The number of ether oxygens (including phenoxy) is 2. The minimum atomic E-state index is -0.624. The van der Waals surface area contributed by atoms with Crippen LogP contribution in [0, 0.1) is 5.82 Å². The SMILES string of the molecule is CCOCCOC(C)C(=O)Nc1c(-c2ccc(F)cc2)ncn1C. The van der Waals surface area contributed by atoms with Crippen molar-refractivity contribution < 1.29 is 18.7 Å². The van der Waals surface area contributed by atoms with Gasteiger partial charge in [0.05, 0.1) is 19.5 Å². The largest absolute Gasteiger partial charge is 0.379 e. The van der Waals surface area contributed by atoms with Crippen molar-refractivity contribution in [3.05, 3.63) is 36.4 Å². The second-order valence-electron chi connectivity index (χ2n) is 5.26. The van der Waals surface area contributed by atoms with E-state index in [9.17, 15) is 9.18 Å². The summed E-state index contributed by atoms with van der Waals surface area (Å²) in [6.07, 6.45) is 0.968. The van der Waals surface area contributed by atoms with Gasteiger partial charge in [0.2, 0.25) is 0 Å². The Bertz CT molecular complexity index is 670. The van der Waals surface area contributed by atoms with Gasteiger partial charge in [-0.1, -0.05) is 0 Å². The van der Waals surface area contributed by atoms with Crippen molar-refractivity contribution >= 4 is 11.7 Å². The zero-order chi connectivity index (χ0) is 17.5. The highest BCUT2D eigenvalue weighted by Gasteiger charge is 2.18. The highest BCUT2D eigenvalue weighted by Crippen LogP contribution is 2.26. The third-order valence-corrected chi connectivity index (χ3v) is 3.47. The Morgan fingerprint density at radius 1 is 1.33 bits per heavy atom. The number of imidazole rings is 1. The molecule has 1 amide bonds. The minimum Gasteiger partial charge on any atom is -0.379 e. The molecular formula is C17H22FN3O3. The molecule has 1 unspecified atom stereocenters. The number of nitrogens with one attached hydrogen (secondary N) is 1. The minimum absolute atomic E-state index is 0.279. The summed E-state index contributed by atoms with van der Waals surface area (Å²) in [6.45, 7) is 4.98. The summed E-state index contributed by atoms with van der Waals surface area (Å²) in [6, 6.07) is 5.95. The van der Waals surface area contributed by atoms with Gasteiger partial charge in [-0.05, 0) is 38.1 Å². The molecule has 1 aromatic heterocycles. The Kier molecular flexibility index (Phi) is 6.45. The van der Waals surface area contributed by atoms with Gasteiger partial charge in [-0.25, -0.2) is 9.37 Å².